The van der Waals surface area contributed by atoms with E-state index in [1.165, 1.54) is 6.42 Å². The van der Waals surface area contributed by atoms with Crippen molar-refractivity contribution in [2.45, 2.75) is 31.9 Å². The zero-order chi connectivity index (χ0) is 18.0. The summed E-state index contributed by atoms with van der Waals surface area (Å²) in [4.78, 5) is 7.04. The molecule has 0 aliphatic carbocycles. The number of piperazine rings is 1. The van der Waals surface area contributed by atoms with Crippen LogP contribution in [0.4, 0.5) is 13.2 Å². The van der Waals surface area contributed by atoms with Crippen LogP contribution in [0, 0.1) is 0 Å². The molecule has 12 heteroatoms. The van der Waals surface area contributed by atoms with E-state index in [2.05, 4.69) is 33.7 Å². The Balaban J connectivity index is 0. The molecule has 1 unspecified atom stereocenters. The molecular weight excluding hydrogens is 327 g/mol. The first kappa shape index (κ1) is 23.2. The van der Waals surface area contributed by atoms with Crippen molar-refractivity contribution in [1.82, 2.24) is 9.80 Å². The molecule has 0 bridgehead atoms. The lowest BCUT2D eigenvalue weighted by Crippen LogP contribution is -2.48. The lowest BCUT2D eigenvalue weighted by atomic mass is 10.3. The maximum absolute atomic E-state index is 10.7. The molecule has 0 spiro atoms. The van der Waals surface area contributed by atoms with Gasteiger partial charge in [0, 0.05) is 24.5 Å². The van der Waals surface area contributed by atoms with Crippen molar-refractivity contribution >= 4 is 10.1 Å². The smallest absolute Gasteiger partial charge is 0.303 e. The van der Waals surface area contributed by atoms with E-state index in [-0.39, 0.29) is 6.17 Å². The van der Waals surface area contributed by atoms with Crippen molar-refractivity contribution in [2.75, 3.05) is 33.7 Å². The van der Waals surface area contributed by atoms with Gasteiger partial charge in [-0.3, -0.25) is 9.45 Å². The van der Waals surface area contributed by atoms with Gasteiger partial charge in [-0.1, -0.05) is 25.4 Å². The largest absolute Gasteiger partial charge is 0.522 e. The summed E-state index contributed by atoms with van der Waals surface area (Å²) in [7, 11) is -1.83. The predicted octanol–water partition coefficient (Wildman–Crippen LogP) is 2.31. The lowest BCUT2D eigenvalue weighted by molar-refractivity contribution is -0.0510. The van der Waals surface area contributed by atoms with Crippen molar-refractivity contribution in [2.24, 2.45) is 5.11 Å². The molecule has 1 fully saturated rings. The summed E-state index contributed by atoms with van der Waals surface area (Å²) in [6, 6.07) is 0. The Morgan fingerprint density at radius 1 is 1.32 bits per heavy atom. The third kappa shape index (κ3) is 10.6. The fraction of sp³-hybridized carbons (Fsp3) is 1.00. The number of alkyl halides is 3. The SMILES string of the molecule is CCC.CN1CCN(C)C(N=[N+]=[N-])C1.O=S(=O)(O)C(F)(F)F. The Morgan fingerprint density at radius 3 is 2.05 bits per heavy atom. The Morgan fingerprint density at radius 2 is 1.73 bits per heavy atom. The zero-order valence-corrected chi connectivity index (χ0v) is 13.8. The molecule has 0 aromatic carbocycles. The topological polar surface area (TPSA) is 110 Å². The average Bonchev–Trinajstić information content (AvgIpc) is 2.33. The van der Waals surface area contributed by atoms with Crippen molar-refractivity contribution in [3.8, 4) is 0 Å². The van der Waals surface area contributed by atoms with Crippen molar-refractivity contribution in [1.29, 1.82) is 0 Å². The summed E-state index contributed by atoms with van der Waals surface area (Å²) in [6.45, 7) is 7.11. The molecule has 22 heavy (non-hydrogen) atoms. The number of rotatable bonds is 1. The third-order valence-electron chi connectivity index (χ3n) is 2.30. The number of hydrogen-bond donors (Lipinski definition) is 1. The highest BCUT2D eigenvalue weighted by atomic mass is 32.2. The predicted molar refractivity (Wildman–Crippen MR) is 76.6 cm³/mol. The molecular formula is C10H22F3N5O3S. The minimum atomic E-state index is -5.84. The van der Waals surface area contributed by atoms with Gasteiger partial charge in [0.15, 0.2) is 0 Å². The summed E-state index contributed by atoms with van der Waals surface area (Å²) < 4.78 is 57.5. The van der Waals surface area contributed by atoms with Gasteiger partial charge in [-0.15, -0.1) is 0 Å². The van der Waals surface area contributed by atoms with E-state index in [4.69, 9.17) is 18.5 Å². The number of likely N-dealkylation sites (N-methyl/N-ethyl adjacent to an activating group) is 2. The third-order valence-corrected chi connectivity index (χ3v) is 2.88. The van der Waals surface area contributed by atoms with Crippen LogP contribution in [-0.4, -0.2) is 68.2 Å². The monoisotopic (exact) mass is 349 g/mol. The number of azide groups is 1. The average molecular weight is 349 g/mol. The maximum atomic E-state index is 10.7. The molecule has 1 N–H and O–H groups in total. The summed E-state index contributed by atoms with van der Waals surface area (Å²) >= 11 is 0. The van der Waals surface area contributed by atoms with Crippen molar-refractivity contribution in [3.63, 3.8) is 0 Å². The second-order valence-electron chi connectivity index (χ2n) is 4.56. The van der Waals surface area contributed by atoms with Gasteiger partial charge in [0.25, 0.3) is 0 Å². The van der Waals surface area contributed by atoms with Crippen molar-refractivity contribution < 1.29 is 26.1 Å². The van der Waals surface area contributed by atoms with Crippen LogP contribution in [0.25, 0.3) is 10.4 Å². The summed E-state index contributed by atoms with van der Waals surface area (Å²) in [5.74, 6) is 0. The molecule has 1 rings (SSSR count). The van der Waals surface area contributed by atoms with Gasteiger partial charge in [0.05, 0.1) is 0 Å². The second kappa shape index (κ2) is 10.6. The van der Waals surface area contributed by atoms with E-state index >= 15 is 0 Å². The van der Waals surface area contributed by atoms with Crippen molar-refractivity contribution in [3.05, 3.63) is 10.4 Å². The van der Waals surface area contributed by atoms with Gasteiger partial charge >= 0.3 is 15.6 Å². The summed E-state index contributed by atoms with van der Waals surface area (Å²) in [6.07, 6.45) is 1.26. The van der Waals surface area contributed by atoms with E-state index < -0.39 is 15.6 Å². The van der Waals surface area contributed by atoms with Gasteiger partial charge in [-0.25, -0.2) is 0 Å². The van der Waals surface area contributed by atoms with Crippen LogP contribution >= 0.6 is 0 Å². The molecule has 132 valence electrons. The lowest BCUT2D eigenvalue weighted by Gasteiger charge is -2.34. The molecule has 0 aromatic rings. The maximum Gasteiger partial charge on any atom is 0.522 e. The number of nitrogens with zero attached hydrogens (tertiary/aromatic N) is 5. The Bertz CT molecular complexity index is 451. The molecule has 1 saturated heterocycles. The van der Waals surface area contributed by atoms with E-state index in [9.17, 15) is 13.2 Å². The molecule has 1 aliphatic heterocycles. The van der Waals surface area contributed by atoms with E-state index in [0.717, 1.165) is 19.6 Å². The fourth-order valence-electron chi connectivity index (χ4n) is 1.17. The highest BCUT2D eigenvalue weighted by Crippen LogP contribution is 2.20. The standard InChI is InChI=1S/C6H13N5.C3H8.CHF3O3S/c1-10-3-4-11(2)6(5-10)8-9-7;1-3-2;2-1(3,4)8(5,6)7/h6H,3-5H2,1-2H3;3H2,1-2H3;(H,5,6,7). The minimum Gasteiger partial charge on any atom is -0.303 e. The number of halogens is 3. The van der Waals surface area contributed by atoms with Gasteiger partial charge in [0.2, 0.25) is 0 Å². The van der Waals surface area contributed by atoms with Crippen LogP contribution in [0.5, 0.6) is 0 Å². The molecule has 1 aliphatic rings. The number of hydrogen-bond acceptors (Lipinski definition) is 5. The van der Waals surface area contributed by atoms with Gasteiger partial charge in [0.1, 0.15) is 6.17 Å². The summed E-state index contributed by atoms with van der Waals surface area (Å²) in [5.41, 5.74) is 2.70. The van der Waals surface area contributed by atoms with Crippen LogP contribution < -0.4 is 0 Å². The Labute approximate surface area is 128 Å². The molecule has 0 saturated carbocycles. The van der Waals surface area contributed by atoms with Crippen LogP contribution in [-0.2, 0) is 10.1 Å². The molecule has 1 heterocycles. The first-order valence-corrected chi connectivity index (χ1v) is 7.81. The molecule has 1 atom stereocenters. The first-order valence-electron chi connectivity index (χ1n) is 6.37. The first-order chi connectivity index (χ1) is 9.90. The van der Waals surface area contributed by atoms with Crippen LogP contribution in [0.1, 0.15) is 20.3 Å². The van der Waals surface area contributed by atoms with Gasteiger partial charge in [-0.05, 0) is 19.6 Å². The Kier molecular flexibility index (Phi) is 11.2. The summed E-state index contributed by atoms with van der Waals surface area (Å²) in [5, 5.41) is 3.68. The Hall–Kier alpha value is -1.07. The van der Waals surface area contributed by atoms with Gasteiger partial charge in [-0.2, -0.15) is 21.6 Å². The quantitative estimate of drug-likeness (QED) is 0.257. The van der Waals surface area contributed by atoms with Gasteiger partial charge < -0.3 is 4.90 Å². The molecule has 0 radical (unpaired) electrons. The van der Waals surface area contributed by atoms with E-state index in [1.807, 2.05) is 14.1 Å². The highest BCUT2D eigenvalue weighted by Gasteiger charge is 2.44. The minimum absolute atomic E-state index is 0.0127. The van der Waals surface area contributed by atoms with E-state index in [1.54, 1.807) is 0 Å². The fourth-order valence-corrected chi connectivity index (χ4v) is 1.17. The highest BCUT2D eigenvalue weighted by molar-refractivity contribution is 7.86. The molecule has 0 amide bonds. The molecule has 8 nitrogen and oxygen atoms in total. The normalized spacial score (nSPS) is 19.9. The zero-order valence-electron chi connectivity index (χ0n) is 12.9. The molecule has 0 aromatic heterocycles. The van der Waals surface area contributed by atoms with Crippen LogP contribution in [0.2, 0.25) is 0 Å². The van der Waals surface area contributed by atoms with Crippen LogP contribution in [0.15, 0.2) is 5.11 Å². The van der Waals surface area contributed by atoms with E-state index in [0.29, 0.717) is 0 Å². The second-order valence-corrected chi connectivity index (χ2v) is 5.97. The van der Waals surface area contributed by atoms with Crippen LogP contribution in [0.3, 0.4) is 0 Å².